The lowest BCUT2D eigenvalue weighted by atomic mass is 10.2. The van der Waals surface area contributed by atoms with Crippen LogP contribution < -0.4 is 10.6 Å². The second-order valence-electron chi connectivity index (χ2n) is 4.55. The highest BCUT2D eigenvalue weighted by Crippen LogP contribution is 2.20. The third kappa shape index (κ3) is 2.56. The molecule has 0 unspecified atom stereocenters. The topological polar surface area (TPSA) is 46.6 Å². The number of hydrogen-bond acceptors (Lipinski definition) is 4. The van der Waals surface area contributed by atoms with Crippen molar-refractivity contribution in [3.63, 3.8) is 0 Å². The number of rotatable bonds is 5. The van der Waals surface area contributed by atoms with Gasteiger partial charge in [0.2, 0.25) is 0 Å². The minimum Gasteiger partial charge on any atom is -0.383 e. The van der Waals surface area contributed by atoms with Gasteiger partial charge in [0, 0.05) is 20.3 Å². The van der Waals surface area contributed by atoms with Crippen molar-refractivity contribution in [3.05, 3.63) is 24.0 Å². The van der Waals surface area contributed by atoms with Crippen molar-refractivity contribution in [1.82, 2.24) is 9.38 Å². The summed E-state index contributed by atoms with van der Waals surface area (Å²) in [6.07, 6.45) is 6.23. The maximum Gasteiger partial charge on any atom is 0.138 e. The number of hydrogen-bond donors (Lipinski definition) is 1. The second kappa shape index (κ2) is 5.52. The molecule has 0 aromatic carbocycles. The van der Waals surface area contributed by atoms with E-state index < -0.39 is 0 Å². The second-order valence-corrected chi connectivity index (χ2v) is 5.54. The zero-order valence-corrected chi connectivity index (χ0v) is 12.0. The van der Waals surface area contributed by atoms with Crippen LogP contribution in [0.2, 0.25) is 0 Å². The largest absolute Gasteiger partial charge is 0.383 e. The molecule has 98 valence electrons. The molecule has 2 rings (SSSR count). The molecule has 2 N–H and O–H groups in total. The molecule has 0 bridgehead atoms. The van der Waals surface area contributed by atoms with E-state index in [0.29, 0.717) is 0 Å². The molecule has 0 aliphatic heterocycles. The number of aryl methyl sites for hydroxylation is 1. The standard InChI is InChI=1S/C13H20N4S/c1-16(2)10-6-7-12-15-11(5-4-8-18-3)13(14)17(12)9-10/h6-7,9H,4-5,8,14H2,1-3H3. The molecule has 0 amide bonds. The number of anilines is 2. The summed E-state index contributed by atoms with van der Waals surface area (Å²) in [4.78, 5) is 6.66. The van der Waals surface area contributed by atoms with Crippen molar-refractivity contribution in [2.24, 2.45) is 0 Å². The average Bonchev–Trinajstić information content (AvgIpc) is 2.66. The van der Waals surface area contributed by atoms with Gasteiger partial charge >= 0.3 is 0 Å². The Bertz CT molecular complexity index is 533. The maximum atomic E-state index is 6.17. The van der Waals surface area contributed by atoms with E-state index >= 15 is 0 Å². The van der Waals surface area contributed by atoms with Crippen molar-refractivity contribution >= 4 is 28.9 Å². The van der Waals surface area contributed by atoms with E-state index in [-0.39, 0.29) is 0 Å². The smallest absolute Gasteiger partial charge is 0.138 e. The van der Waals surface area contributed by atoms with Gasteiger partial charge in [-0.2, -0.15) is 11.8 Å². The summed E-state index contributed by atoms with van der Waals surface area (Å²) in [6.45, 7) is 0. The summed E-state index contributed by atoms with van der Waals surface area (Å²) in [7, 11) is 4.04. The highest BCUT2D eigenvalue weighted by Gasteiger charge is 2.09. The molecule has 0 spiro atoms. The SMILES string of the molecule is CSCCCc1nc2ccc(N(C)C)cn2c1N. The van der Waals surface area contributed by atoms with E-state index in [0.717, 1.165) is 41.4 Å². The highest BCUT2D eigenvalue weighted by molar-refractivity contribution is 7.98. The third-order valence-electron chi connectivity index (χ3n) is 2.99. The van der Waals surface area contributed by atoms with Crippen molar-refractivity contribution in [2.45, 2.75) is 12.8 Å². The van der Waals surface area contributed by atoms with Crippen LogP contribution in [0.15, 0.2) is 18.3 Å². The van der Waals surface area contributed by atoms with E-state index in [1.165, 1.54) is 0 Å². The summed E-state index contributed by atoms with van der Waals surface area (Å²) >= 11 is 1.86. The van der Waals surface area contributed by atoms with E-state index in [1.807, 2.05) is 42.5 Å². The molecule has 4 nitrogen and oxygen atoms in total. The zero-order chi connectivity index (χ0) is 13.1. The molecule has 0 aliphatic rings. The Morgan fingerprint density at radius 3 is 2.83 bits per heavy atom. The minimum absolute atomic E-state index is 0.773. The average molecular weight is 264 g/mol. The van der Waals surface area contributed by atoms with Gasteiger partial charge in [0.25, 0.3) is 0 Å². The fourth-order valence-electron chi connectivity index (χ4n) is 1.93. The summed E-state index contributed by atoms with van der Waals surface area (Å²) in [6, 6.07) is 4.08. The predicted molar refractivity (Wildman–Crippen MR) is 80.6 cm³/mol. The first kappa shape index (κ1) is 13.1. The lowest BCUT2D eigenvalue weighted by Gasteiger charge is -2.12. The first-order valence-corrected chi connectivity index (χ1v) is 7.45. The Morgan fingerprint density at radius 2 is 2.17 bits per heavy atom. The van der Waals surface area contributed by atoms with Gasteiger partial charge in [-0.3, -0.25) is 4.40 Å². The normalized spacial score (nSPS) is 11.1. The lowest BCUT2D eigenvalue weighted by Crippen LogP contribution is -2.09. The molecule has 0 radical (unpaired) electrons. The van der Waals surface area contributed by atoms with Crippen molar-refractivity contribution in [1.29, 1.82) is 0 Å². The van der Waals surface area contributed by atoms with Gasteiger partial charge in [-0.25, -0.2) is 4.98 Å². The number of imidazole rings is 1. The Morgan fingerprint density at radius 1 is 1.39 bits per heavy atom. The number of nitrogen functional groups attached to an aromatic ring is 1. The van der Waals surface area contributed by atoms with Gasteiger partial charge in [-0.1, -0.05) is 0 Å². The van der Waals surface area contributed by atoms with Crippen molar-refractivity contribution in [2.75, 3.05) is 36.7 Å². The molecular weight excluding hydrogens is 244 g/mol. The Kier molecular flexibility index (Phi) is 4.01. The number of nitrogens with two attached hydrogens (primary N) is 1. The molecule has 18 heavy (non-hydrogen) atoms. The van der Waals surface area contributed by atoms with Gasteiger partial charge in [0.15, 0.2) is 0 Å². The van der Waals surface area contributed by atoms with Crippen LogP contribution in [0.4, 0.5) is 11.5 Å². The fourth-order valence-corrected chi connectivity index (χ4v) is 2.37. The molecule has 2 aromatic heterocycles. The predicted octanol–water partition coefficient (Wildman–Crippen LogP) is 2.28. The van der Waals surface area contributed by atoms with Crippen LogP contribution in [0.5, 0.6) is 0 Å². The van der Waals surface area contributed by atoms with Crippen LogP contribution in [0.25, 0.3) is 5.65 Å². The van der Waals surface area contributed by atoms with Crippen LogP contribution in [-0.2, 0) is 6.42 Å². The first-order chi connectivity index (χ1) is 8.63. The molecule has 5 heteroatoms. The molecule has 2 aromatic rings. The molecule has 0 saturated heterocycles. The van der Waals surface area contributed by atoms with Gasteiger partial charge < -0.3 is 10.6 Å². The summed E-state index contributed by atoms with van der Waals surface area (Å²) < 4.78 is 1.98. The van der Waals surface area contributed by atoms with Gasteiger partial charge in [0.1, 0.15) is 11.5 Å². The number of nitrogens with zero attached hydrogens (tertiary/aromatic N) is 3. The molecule has 0 fully saturated rings. The first-order valence-electron chi connectivity index (χ1n) is 6.06. The maximum absolute atomic E-state index is 6.17. The van der Waals surface area contributed by atoms with Gasteiger partial charge in [-0.05, 0) is 37.0 Å². The Hall–Kier alpha value is -1.36. The fraction of sp³-hybridized carbons (Fsp3) is 0.462. The summed E-state index contributed by atoms with van der Waals surface area (Å²) in [5, 5.41) is 0. The van der Waals surface area contributed by atoms with E-state index in [9.17, 15) is 0 Å². The monoisotopic (exact) mass is 264 g/mol. The number of aromatic nitrogens is 2. The van der Waals surface area contributed by atoms with E-state index in [2.05, 4.69) is 22.2 Å². The van der Waals surface area contributed by atoms with E-state index in [1.54, 1.807) is 0 Å². The van der Waals surface area contributed by atoms with Gasteiger partial charge in [-0.15, -0.1) is 0 Å². The molecule has 0 atom stereocenters. The van der Waals surface area contributed by atoms with Crippen LogP contribution in [0, 0.1) is 0 Å². The summed E-state index contributed by atoms with van der Waals surface area (Å²) in [5.74, 6) is 1.92. The Balaban J connectivity index is 2.31. The zero-order valence-electron chi connectivity index (χ0n) is 11.2. The quantitative estimate of drug-likeness (QED) is 0.842. The number of fused-ring (bicyclic) bond motifs is 1. The minimum atomic E-state index is 0.773. The van der Waals surface area contributed by atoms with Crippen LogP contribution in [0.3, 0.4) is 0 Å². The van der Waals surface area contributed by atoms with E-state index in [4.69, 9.17) is 5.73 Å². The van der Waals surface area contributed by atoms with Crippen molar-refractivity contribution in [3.8, 4) is 0 Å². The molecule has 0 saturated carbocycles. The van der Waals surface area contributed by atoms with Crippen LogP contribution in [-0.4, -0.2) is 35.5 Å². The number of thioether (sulfide) groups is 1. The van der Waals surface area contributed by atoms with Crippen molar-refractivity contribution < 1.29 is 0 Å². The molecule has 2 heterocycles. The van der Waals surface area contributed by atoms with Gasteiger partial charge in [0.05, 0.1) is 11.4 Å². The molecule has 0 aliphatic carbocycles. The third-order valence-corrected chi connectivity index (χ3v) is 3.69. The van der Waals surface area contributed by atoms with Crippen LogP contribution >= 0.6 is 11.8 Å². The lowest BCUT2D eigenvalue weighted by molar-refractivity contribution is 0.908. The summed E-state index contributed by atoms with van der Waals surface area (Å²) in [5.41, 5.74) is 9.23. The van der Waals surface area contributed by atoms with Crippen LogP contribution in [0.1, 0.15) is 12.1 Å². The molecular formula is C13H20N4S. The number of pyridine rings is 1. The Labute approximate surface area is 112 Å². The highest BCUT2D eigenvalue weighted by atomic mass is 32.2.